The zero-order valence-corrected chi connectivity index (χ0v) is 11.5. The van der Waals surface area contributed by atoms with Crippen LogP contribution in [-0.2, 0) is 27.2 Å². The van der Waals surface area contributed by atoms with Crippen molar-refractivity contribution in [2.75, 3.05) is 40.0 Å². The number of ether oxygens (including phenoxy) is 3. The van der Waals surface area contributed by atoms with Gasteiger partial charge in [0.2, 0.25) is 0 Å². The number of nitrogens with zero attached hydrogens (tertiary/aromatic N) is 2. The molecule has 1 aliphatic heterocycles. The van der Waals surface area contributed by atoms with Gasteiger partial charge in [-0.15, -0.1) is 0 Å². The summed E-state index contributed by atoms with van der Waals surface area (Å²) < 4.78 is 21.1. The number of methoxy groups -OCH3 is 1. The number of rotatable bonds is 9. The van der Waals surface area contributed by atoms with Gasteiger partial charge in [-0.25, -0.2) is 0 Å². The van der Waals surface area contributed by atoms with Crippen molar-refractivity contribution in [1.82, 2.24) is 15.5 Å². The summed E-state index contributed by atoms with van der Waals surface area (Å²) in [5, 5.41) is 7.05. The van der Waals surface area contributed by atoms with Crippen molar-refractivity contribution in [2.45, 2.75) is 25.6 Å². The summed E-state index contributed by atoms with van der Waals surface area (Å²) in [5.41, 5.74) is -0.0993. The van der Waals surface area contributed by atoms with Gasteiger partial charge < -0.3 is 24.1 Å². The van der Waals surface area contributed by atoms with Gasteiger partial charge in [0.25, 0.3) is 5.89 Å². The van der Waals surface area contributed by atoms with Crippen molar-refractivity contribution < 1.29 is 18.7 Å². The Morgan fingerprint density at radius 1 is 1.32 bits per heavy atom. The third-order valence-corrected chi connectivity index (χ3v) is 2.95. The van der Waals surface area contributed by atoms with Gasteiger partial charge in [0.05, 0.1) is 25.4 Å². The molecule has 108 valence electrons. The normalized spacial score (nSPS) is 17.4. The Morgan fingerprint density at radius 2 is 2.16 bits per heavy atom. The third-order valence-electron chi connectivity index (χ3n) is 2.95. The zero-order chi connectivity index (χ0) is 13.6. The number of hydrogen-bond acceptors (Lipinski definition) is 7. The Morgan fingerprint density at radius 3 is 2.84 bits per heavy atom. The summed E-state index contributed by atoms with van der Waals surface area (Å²) in [5.74, 6) is 1.16. The minimum absolute atomic E-state index is 0.0993. The predicted molar refractivity (Wildman–Crippen MR) is 66.8 cm³/mol. The smallest absolute Gasteiger partial charge is 0.252 e. The van der Waals surface area contributed by atoms with Crippen molar-refractivity contribution in [3.05, 3.63) is 11.7 Å². The molecule has 1 aromatic rings. The van der Waals surface area contributed by atoms with E-state index in [-0.39, 0.29) is 5.60 Å². The summed E-state index contributed by atoms with van der Waals surface area (Å²) in [4.78, 5) is 4.26. The van der Waals surface area contributed by atoms with Gasteiger partial charge >= 0.3 is 0 Å². The van der Waals surface area contributed by atoms with E-state index in [4.69, 9.17) is 18.7 Å². The van der Waals surface area contributed by atoms with E-state index in [1.807, 2.05) is 0 Å². The molecule has 2 rings (SSSR count). The maximum Gasteiger partial charge on any atom is 0.252 e. The molecule has 1 aromatic heterocycles. The second-order valence-electron chi connectivity index (χ2n) is 4.80. The first-order chi connectivity index (χ1) is 9.22. The average molecular weight is 271 g/mol. The number of aromatic nitrogens is 2. The highest BCUT2D eigenvalue weighted by atomic mass is 16.5. The Kier molecular flexibility index (Phi) is 5.26. The van der Waals surface area contributed by atoms with E-state index < -0.39 is 0 Å². The topological polar surface area (TPSA) is 78.6 Å². The molecule has 0 aliphatic carbocycles. The third kappa shape index (κ3) is 4.54. The van der Waals surface area contributed by atoms with Crippen LogP contribution in [0.25, 0.3) is 0 Å². The quantitative estimate of drug-likeness (QED) is 0.641. The van der Waals surface area contributed by atoms with Crippen LogP contribution in [0.1, 0.15) is 18.6 Å². The summed E-state index contributed by atoms with van der Waals surface area (Å²) in [6.45, 7) is 5.88. The fourth-order valence-electron chi connectivity index (χ4n) is 1.67. The maximum atomic E-state index is 5.72. The second-order valence-corrected chi connectivity index (χ2v) is 4.80. The Balaban J connectivity index is 1.64. The molecular weight excluding hydrogens is 250 g/mol. The SMILES string of the molecule is COCCOCCc1noc(COC2(C)CNC2)n1. The largest absolute Gasteiger partial charge is 0.382 e. The van der Waals surface area contributed by atoms with Crippen LogP contribution in [-0.4, -0.2) is 55.8 Å². The van der Waals surface area contributed by atoms with Crippen LogP contribution in [0.3, 0.4) is 0 Å². The lowest BCUT2D eigenvalue weighted by molar-refractivity contribution is -0.0841. The van der Waals surface area contributed by atoms with Crippen LogP contribution >= 0.6 is 0 Å². The first-order valence-corrected chi connectivity index (χ1v) is 6.45. The lowest BCUT2D eigenvalue weighted by Crippen LogP contribution is -2.58. The molecule has 0 spiro atoms. The highest BCUT2D eigenvalue weighted by Gasteiger charge is 2.32. The Hall–Kier alpha value is -1.02. The molecule has 7 heteroatoms. The summed E-state index contributed by atoms with van der Waals surface area (Å²) in [7, 11) is 1.65. The van der Waals surface area contributed by atoms with Crippen LogP contribution in [0.4, 0.5) is 0 Å². The summed E-state index contributed by atoms with van der Waals surface area (Å²) in [6, 6.07) is 0. The molecule has 1 aliphatic rings. The van der Waals surface area contributed by atoms with Crippen molar-refractivity contribution >= 4 is 0 Å². The van der Waals surface area contributed by atoms with E-state index >= 15 is 0 Å². The van der Waals surface area contributed by atoms with Crippen molar-refractivity contribution in [1.29, 1.82) is 0 Å². The molecular formula is C12H21N3O4. The summed E-state index contributed by atoms with van der Waals surface area (Å²) in [6.07, 6.45) is 0.631. The molecule has 0 amide bonds. The standard InChI is InChI=1S/C12H21N3O4/c1-12(8-13-9-12)18-7-11-14-10(15-19-11)3-4-17-6-5-16-2/h13H,3-9H2,1-2H3. The lowest BCUT2D eigenvalue weighted by Gasteiger charge is -2.38. The minimum atomic E-state index is -0.0993. The average Bonchev–Trinajstić information content (AvgIpc) is 2.82. The molecule has 7 nitrogen and oxygen atoms in total. The highest BCUT2D eigenvalue weighted by molar-refractivity contribution is 4.91. The maximum absolute atomic E-state index is 5.72. The van der Waals surface area contributed by atoms with Crippen LogP contribution in [0, 0.1) is 0 Å². The molecule has 0 saturated carbocycles. The molecule has 0 radical (unpaired) electrons. The molecule has 0 unspecified atom stereocenters. The van der Waals surface area contributed by atoms with E-state index in [1.54, 1.807) is 7.11 Å². The van der Waals surface area contributed by atoms with Gasteiger partial charge in [-0.2, -0.15) is 4.98 Å². The van der Waals surface area contributed by atoms with Crippen molar-refractivity contribution in [2.24, 2.45) is 0 Å². The number of nitrogens with one attached hydrogen (secondary N) is 1. The zero-order valence-electron chi connectivity index (χ0n) is 11.5. The van der Waals surface area contributed by atoms with Gasteiger partial charge in [0.1, 0.15) is 6.61 Å². The van der Waals surface area contributed by atoms with E-state index in [0.29, 0.717) is 44.6 Å². The number of hydrogen-bond donors (Lipinski definition) is 1. The van der Waals surface area contributed by atoms with E-state index in [2.05, 4.69) is 22.4 Å². The van der Waals surface area contributed by atoms with Crippen molar-refractivity contribution in [3.63, 3.8) is 0 Å². The van der Waals surface area contributed by atoms with Gasteiger partial charge in [0, 0.05) is 26.6 Å². The minimum Gasteiger partial charge on any atom is -0.382 e. The van der Waals surface area contributed by atoms with Gasteiger partial charge in [-0.3, -0.25) is 0 Å². The molecule has 0 aromatic carbocycles. The second kappa shape index (κ2) is 6.95. The molecule has 19 heavy (non-hydrogen) atoms. The molecule has 1 N–H and O–H groups in total. The fourth-order valence-corrected chi connectivity index (χ4v) is 1.67. The Labute approximate surface area is 112 Å². The predicted octanol–water partition coefficient (Wildman–Crippen LogP) is 0.154. The molecule has 2 heterocycles. The van der Waals surface area contributed by atoms with E-state index in [9.17, 15) is 0 Å². The van der Waals surface area contributed by atoms with Gasteiger partial charge in [-0.1, -0.05) is 5.16 Å². The Bertz CT molecular complexity index is 379. The molecule has 1 saturated heterocycles. The van der Waals surface area contributed by atoms with Gasteiger partial charge in [-0.05, 0) is 6.92 Å². The van der Waals surface area contributed by atoms with Crippen LogP contribution < -0.4 is 5.32 Å². The van der Waals surface area contributed by atoms with E-state index in [0.717, 1.165) is 13.1 Å². The van der Waals surface area contributed by atoms with Crippen LogP contribution in [0.5, 0.6) is 0 Å². The van der Waals surface area contributed by atoms with Crippen molar-refractivity contribution in [3.8, 4) is 0 Å². The fraction of sp³-hybridized carbons (Fsp3) is 0.833. The lowest BCUT2D eigenvalue weighted by atomic mass is 10.0. The molecule has 0 atom stereocenters. The van der Waals surface area contributed by atoms with Gasteiger partial charge in [0.15, 0.2) is 5.82 Å². The first kappa shape index (κ1) is 14.4. The highest BCUT2D eigenvalue weighted by Crippen LogP contribution is 2.17. The molecule has 1 fully saturated rings. The summed E-state index contributed by atoms with van der Waals surface area (Å²) >= 11 is 0. The monoisotopic (exact) mass is 271 g/mol. The molecule has 0 bridgehead atoms. The first-order valence-electron chi connectivity index (χ1n) is 6.45. The van der Waals surface area contributed by atoms with E-state index in [1.165, 1.54) is 0 Å². The van der Waals surface area contributed by atoms with Crippen LogP contribution in [0.2, 0.25) is 0 Å². The van der Waals surface area contributed by atoms with Crippen LogP contribution in [0.15, 0.2) is 4.52 Å².